The molecule has 0 radical (unpaired) electrons. The molecule has 0 aromatic carbocycles. The highest BCUT2D eigenvalue weighted by molar-refractivity contribution is 7.93. The van der Waals surface area contributed by atoms with Crippen LogP contribution in [0.5, 0.6) is 0 Å². The molecule has 132 valence electrons. The van der Waals surface area contributed by atoms with Crippen molar-refractivity contribution in [2.75, 3.05) is 18.4 Å². The second kappa shape index (κ2) is 6.38. The molecule has 25 heavy (non-hydrogen) atoms. The molecule has 2 atom stereocenters. The molecule has 9 heteroatoms. The molecule has 0 saturated carbocycles. The number of urea groups is 1. The Morgan fingerprint density at radius 1 is 1.24 bits per heavy atom. The van der Waals surface area contributed by atoms with Crippen LogP contribution >= 0.6 is 11.3 Å². The summed E-state index contributed by atoms with van der Waals surface area (Å²) in [5.74, 6) is 0.466. The summed E-state index contributed by atoms with van der Waals surface area (Å²) in [6.45, 7) is 0.728. The van der Waals surface area contributed by atoms with Gasteiger partial charge >= 0.3 is 6.03 Å². The van der Waals surface area contributed by atoms with E-state index in [9.17, 15) is 13.2 Å². The molecule has 2 amide bonds. The van der Waals surface area contributed by atoms with E-state index in [1.807, 2.05) is 18.2 Å². The number of nitrogens with one attached hydrogen (secondary N) is 1. The standard InChI is InChI=1S/C16H18N4O3S2/c21-16(20-8-6-11-4-5-12(9-20)25(11,22)23)19-14-10-24-15(18-14)13-3-1-2-7-17-13/h1-3,7,10-12H,4-6,8-9H2,(H,19,21). The third kappa shape index (κ3) is 3.13. The van der Waals surface area contributed by atoms with E-state index in [0.29, 0.717) is 25.2 Å². The van der Waals surface area contributed by atoms with Crippen molar-refractivity contribution in [2.45, 2.75) is 29.8 Å². The van der Waals surface area contributed by atoms with Gasteiger partial charge in [-0.25, -0.2) is 18.2 Å². The topological polar surface area (TPSA) is 92.3 Å². The Morgan fingerprint density at radius 2 is 2.08 bits per heavy atom. The number of carbonyl (C=O) groups excluding carboxylic acids is 1. The van der Waals surface area contributed by atoms with Gasteiger partial charge in [0, 0.05) is 24.7 Å². The molecule has 2 saturated heterocycles. The summed E-state index contributed by atoms with van der Waals surface area (Å²) in [5.41, 5.74) is 0.756. The number of hydrogen-bond donors (Lipinski definition) is 1. The minimum atomic E-state index is -3.08. The number of amides is 2. The molecule has 2 bridgehead atoms. The zero-order valence-corrected chi connectivity index (χ0v) is 15.1. The number of nitrogens with zero attached hydrogens (tertiary/aromatic N) is 3. The predicted molar refractivity (Wildman–Crippen MR) is 96.3 cm³/mol. The molecule has 2 aromatic heterocycles. The van der Waals surface area contributed by atoms with Crippen LogP contribution in [0.1, 0.15) is 19.3 Å². The molecule has 2 aromatic rings. The smallest absolute Gasteiger partial charge is 0.323 e. The number of anilines is 1. The molecular weight excluding hydrogens is 360 g/mol. The maximum Gasteiger partial charge on any atom is 0.323 e. The van der Waals surface area contributed by atoms with Gasteiger partial charge < -0.3 is 4.90 Å². The Morgan fingerprint density at radius 3 is 2.88 bits per heavy atom. The minimum absolute atomic E-state index is 0.266. The van der Waals surface area contributed by atoms with Gasteiger partial charge in [-0.05, 0) is 31.4 Å². The van der Waals surface area contributed by atoms with Gasteiger partial charge in [-0.2, -0.15) is 0 Å². The number of aromatic nitrogens is 2. The molecule has 4 heterocycles. The molecule has 1 N–H and O–H groups in total. The molecule has 2 fully saturated rings. The second-order valence-electron chi connectivity index (χ2n) is 6.33. The Hall–Kier alpha value is -2.00. The van der Waals surface area contributed by atoms with Crippen molar-refractivity contribution in [2.24, 2.45) is 0 Å². The fourth-order valence-electron chi connectivity index (χ4n) is 3.42. The first-order chi connectivity index (χ1) is 12.0. The lowest BCUT2D eigenvalue weighted by molar-refractivity contribution is 0.209. The first-order valence-electron chi connectivity index (χ1n) is 8.19. The van der Waals surface area contributed by atoms with Crippen molar-refractivity contribution in [3.63, 3.8) is 0 Å². The predicted octanol–water partition coefficient (Wildman–Crippen LogP) is 2.39. The van der Waals surface area contributed by atoms with Crippen LogP contribution in [0.3, 0.4) is 0 Å². The maximum absolute atomic E-state index is 12.5. The van der Waals surface area contributed by atoms with Crippen molar-refractivity contribution in [1.29, 1.82) is 0 Å². The van der Waals surface area contributed by atoms with Gasteiger partial charge in [-0.15, -0.1) is 11.3 Å². The van der Waals surface area contributed by atoms with Crippen molar-refractivity contribution in [3.8, 4) is 10.7 Å². The fourth-order valence-corrected chi connectivity index (χ4v) is 6.45. The monoisotopic (exact) mass is 378 g/mol. The lowest BCUT2D eigenvalue weighted by Gasteiger charge is -2.23. The van der Waals surface area contributed by atoms with E-state index in [1.165, 1.54) is 11.3 Å². The van der Waals surface area contributed by atoms with Gasteiger partial charge in [0.1, 0.15) is 10.8 Å². The van der Waals surface area contributed by atoms with Crippen molar-refractivity contribution >= 4 is 33.0 Å². The number of carbonyl (C=O) groups is 1. The van der Waals surface area contributed by atoms with E-state index < -0.39 is 15.1 Å². The van der Waals surface area contributed by atoms with Crippen LogP contribution in [-0.4, -0.2) is 52.9 Å². The average molecular weight is 378 g/mol. The summed E-state index contributed by atoms with van der Waals surface area (Å²) in [6.07, 6.45) is 3.59. The van der Waals surface area contributed by atoms with E-state index in [4.69, 9.17) is 0 Å². The molecule has 2 aliphatic heterocycles. The van der Waals surface area contributed by atoms with E-state index in [0.717, 1.165) is 17.1 Å². The summed E-state index contributed by atoms with van der Waals surface area (Å²) in [5, 5.41) is 4.56. The third-order valence-electron chi connectivity index (χ3n) is 4.80. The zero-order valence-electron chi connectivity index (χ0n) is 13.5. The Balaban J connectivity index is 1.45. The van der Waals surface area contributed by atoms with Crippen LogP contribution < -0.4 is 5.32 Å². The summed E-state index contributed by atoms with van der Waals surface area (Å²) in [6, 6.07) is 5.29. The van der Waals surface area contributed by atoms with Crippen LogP contribution in [0, 0.1) is 0 Å². The minimum Gasteiger partial charge on any atom is -0.323 e. The van der Waals surface area contributed by atoms with Gasteiger partial charge in [0.25, 0.3) is 0 Å². The normalized spacial score (nSPS) is 24.7. The number of fused-ring (bicyclic) bond motifs is 2. The van der Waals surface area contributed by atoms with Gasteiger partial charge in [0.15, 0.2) is 9.84 Å². The summed E-state index contributed by atoms with van der Waals surface area (Å²) < 4.78 is 24.6. The molecule has 4 rings (SSSR count). The van der Waals surface area contributed by atoms with Gasteiger partial charge in [0.05, 0.1) is 16.2 Å². The maximum atomic E-state index is 12.5. The number of sulfone groups is 1. The van der Waals surface area contributed by atoms with Crippen LogP contribution in [0.2, 0.25) is 0 Å². The SMILES string of the molecule is O=C(Nc1csc(-c2ccccn2)n1)N1CCC2CCC(C1)S2(=O)=O. The lowest BCUT2D eigenvalue weighted by atomic mass is 10.1. The van der Waals surface area contributed by atoms with Crippen LogP contribution in [0.4, 0.5) is 10.6 Å². The summed E-state index contributed by atoms with van der Waals surface area (Å²) in [4.78, 5) is 22.8. The van der Waals surface area contributed by atoms with Crippen molar-refractivity contribution in [3.05, 3.63) is 29.8 Å². The fraction of sp³-hybridized carbons (Fsp3) is 0.438. The highest BCUT2D eigenvalue weighted by Crippen LogP contribution is 2.33. The van der Waals surface area contributed by atoms with E-state index in [1.54, 1.807) is 16.5 Å². The molecule has 0 spiro atoms. The molecule has 2 unspecified atom stereocenters. The second-order valence-corrected chi connectivity index (χ2v) is 9.70. The molecular formula is C16H18N4O3S2. The Bertz CT molecular complexity index is 882. The molecule has 0 aliphatic carbocycles. The highest BCUT2D eigenvalue weighted by Gasteiger charge is 2.44. The largest absolute Gasteiger partial charge is 0.323 e. The third-order valence-corrected chi connectivity index (χ3v) is 8.37. The summed E-state index contributed by atoms with van der Waals surface area (Å²) >= 11 is 1.40. The van der Waals surface area contributed by atoms with Gasteiger partial charge in [-0.1, -0.05) is 6.07 Å². The van der Waals surface area contributed by atoms with E-state index >= 15 is 0 Å². The van der Waals surface area contributed by atoms with E-state index in [-0.39, 0.29) is 17.8 Å². The van der Waals surface area contributed by atoms with Crippen LogP contribution in [0.25, 0.3) is 10.7 Å². The zero-order chi connectivity index (χ0) is 17.4. The highest BCUT2D eigenvalue weighted by atomic mass is 32.2. The van der Waals surface area contributed by atoms with Gasteiger partial charge in [0.2, 0.25) is 0 Å². The lowest BCUT2D eigenvalue weighted by Crippen LogP contribution is -2.40. The van der Waals surface area contributed by atoms with E-state index in [2.05, 4.69) is 15.3 Å². The quantitative estimate of drug-likeness (QED) is 0.866. The van der Waals surface area contributed by atoms with Crippen molar-refractivity contribution < 1.29 is 13.2 Å². The van der Waals surface area contributed by atoms with Crippen molar-refractivity contribution in [1.82, 2.24) is 14.9 Å². The first kappa shape index (κ1) is 16.5. The number of rotatable bonds is 2. The molecule has 7 nitrogen and oxygen atoms in total. The first-order valence-corrected chi connectivity index (χ1v) is 10.7. The number of hydrogen-bond acceptors (Lipinski definition) is 6. The van der Waals surface area contributed by atoms with Gasteiger partial charge in [-0.3, -0.25) is 10.3 Å². The Kier molecular flexibility index (Phi) is 4.20. The summed E-state index contributed by atoms with van der Waals surface area (Å²) in [7, 11) is -3.08. The molecule has 2 aliphatic rings. The van der Waals surface area contributed by atoms with Crippen LogP contribution in [0.15, 0.2) is 29.8 Å². The Labute approximate surface area is 150 Å². The number of pyridine rings is 1. The van der Waals surface area contributed by atoms with Crippen LogP contribution in [-0.2, 0) is 9.84 Å². The number of thiazole rings is 1. The number of likely N-dealkylation sites (tertiary alicyclic amines) is 1. The average Bonchev–Trinajstić information content (AvgIpc) is 3.11.